The number of phosphoric acid groups is 1. The number of unbranched alkanes of at least 4 members (excludes halogenated alkanes) is 2. The molecular formula is C66H122N10O20P2. The molecule has 2 aromatic carbocycles. The van der Waals surface area contributed by atoms with Crippen LogP contribution in [-0.4, -0.2) is 243 Å². The molecule has 0 aliphatic carbocycles. The van der Waals surface area contributed by atoms with E-state index in [0.29, 0.717) is 153 Å². The first kappa shape index (κ1) is 93.3. The summed E-state index contributed by atoms with van der Waals surface area (Å²) in [6.45, 7) is 22.9. The van der Waals surface area contributed by atoms with Crippen LogP contribution in [0.4, 0.5) is 11.6 Å². The molecule has 0 bridgehead atoms. The van der Waals surface area contributed by atoms with Gasteiger partial charge in [0.1, 0.15) is 54.1 Å². The lowest BCUT2D eigenvalue weighted by atomic mass is 10.1. The van der Waals surface area contributed by atoms with Gasteiger partial charge in [-0.3, -0.25) is 14.1 Å². The predicted octanol–water partition coefficient (Wildman–Crippen LogP) is 8.65. The Hall–Kier alpha value is -4.70. The van der Waals surface area contributed by atoms with Gasteiger partial charge in [0.25, 0.3) is 0 Å². The third-order valence-electron chi connectivity index (χ3n) is 13.0. The molecule has 0 saturated carbocycles. The van der Waals surface area contributed by atoms with Crippen molar-refractivity contribution in [3.8, 4) is 11.5 Å². The SMILES string of the molecule is C.C.CC.CCCCc1nc2c(N)nc3cc(OCCO)ccc3c2n1CCC.CCCCc1nc2c(N)nc3cc(OCCOP(=O)(O)OCCOCCOCCOC)ccc3c2n1CCO.CCOCNP(NC)OCCOCCOCCOC.COCCOCCOCCO. The first-order valence-electron chi connectivity index (χ1n) is 33.1. The number of hydrogen-bond donors (Lipinski definition) is 8. The minimum Gasteiger partial charge on any atom is -0.491 e. The van der Waals surface area contributed by atoms with Crippen LogP contribution in [0.15, 0.2) is 36.4 Å². The van der Waals surface area contributed by atoms with Crippen molar-refractivity contribution in [2.24, 2.45) is 0 Å². The molecule has 98 heavy (non-hydrogen) atoms. The van der Waals surface area contributed by atoms with Crippen LogP contribution in [0.5, 0.6) is 11.5 Å². The number of aromatic nitrogens is 6. The normalized spacial score (nSPS) is 11.9. The number of pyridine rings is 2. The molecule has 0 saturated heterocycles. The van der Waals surface area contributed by atoms with E-state index in [1.165, 1.54) is 0 Å². The summed E-state index contributed by atoms with van der Waals surface area (Å²) in [5.41, 5.74) is 17.1. The van der Waals surface area contributed by atoms with E-state index in [2.05, 4.69) is 45.5 Å². The number of nitrogens with zero attached hydrogens (tertiary/aromatic N) is 6. The number of nitrogens with one attached hydrogen (secondary N) is 2. The Kier molecular flexibility index (Phi) is 57.1. The van der Waals surface area contributed by atoms with E-state index < -0.39 is 16.3 Å². The number of aryl methyl sites for hydroxylation is 3. The average Bonchev–Trinajstić information content (AvgIpc) is 1.55. The number of anilines is 2. The van der Waals surface area contributed by atoms with Crippen LogP contribution in [0.2, 0.25) is 0 Å². The summed E-state index contributed by atoms with van der Waals surface area (Å²) in [6.07, 6.45) is 7.01. The Bertz CT molecular complexity index is 2950. The standard InChI is InChI=1S/C25H39N4O9P.C19H26N4O2.C11H27N2O5P.C7H16O4.C2H6.2CH4/c1-3-4-5-22-28-23-24(29(22)8-9-30)20-7-6-19(18-21(20)27-25(23)26)36-15-17-38-39(31,32)37-16-14-35-13-12-34-11-10-33-2;1-3-5-6-16-22-17-18(23(16)9-4-2)14-8-7-13(25-11-10-24)12-15(14)21-19(17)20;1-4-15-11-13-19(12-2)18-10-9-17-8-7-16-6-5-14-3;1-9-4-5-11-7-6-10-3-2-8;1-2;;/h6-7,18,30H,3-5,8-17H2,1-2H3,(H2,26,27)(H,31,32);7-8,12,24H,3-6,9-11H2,1-2H3,(H2,20,21);12-13H,4-11H2,1-3H3;8H,2-7H2,1H3;1-2H3;2*1H4. The molecule has 0 spiro atoms. The molecule has 6 rings (SSSR count). The zero-order chi connectivity index (χ0) is 70.4. The van der Waals surface area contributed by atoms with Crippen molar-refractivity contribution in [2.45, 2.75) is 114 Å². The maximum Gasteiger partial charge on any atom is 0.472 e. The van der Waals surface area contributed by atoms with E-state index in [1.807, 2.05) is 56.7 Å². The summed E-state index contributed by atoms with van der Waals surface area (Å²) >= 11 is 0. The Morgan fingerprint density at radius 3 is 1.33 bits per heavy atom. The van der Waals surface area contributed by atoms with Crippen molar-refractivity contribution < 1.29 is 95.2 Å². The fourth-order valence-electron chi connectivity index (χ4n) is 8.68. The molecule has 0 amide bonds. The van der Waals surface area contributed by atoms with E-state index in [4.69, 9.17) is 102 Å². The van der Waals surface area contributed by atoms with Crippen LogP contribution in [-0.2, 0) is 91.4 Å². The van der Waals surface area contributed by atoms with Crippen LogP contribution < -0.4 is 31.1 Å². The summed E-state index contributed by atoms with van der Waals surface area (Å²) < 4.78 is 93.8. The number of aliphatic hydroxyl groups is 3. The molecule has 2 unspecified atom stereocenters. The molecule has 30 nitrogen and oxygen atoms in total. The fourth-order valence-corrected chi connectivity index (χ4v) is 10.2. The molecule has 0 aliphatic heterocycles. The highest BCUT2D eigenvalue weighted by atomic mass is 31.2. The first-order valence-corrected chi connectivity index (χ1v) is 35.8. The molecule has 10 N–H and O–H groups in total. The number of nitrogens with two attached hydrogens (primary N) is 2. The molecule has 0 radical (unpaired) electrons. The van der Waals surface area contributed by atoms with Gasteiger partial charge in [0.05, 0.1) is 161 Å². The Morgan fingerprint density at radius 2 is 0.918 bits per heavy atom. The predicted molar refractivity (Wildman–Crippen MR) is 387 cm³/mol. The second kappa shape index (κ2) is 59.9. The van der Waals surface area contributed by atoms with Crippen molar-refractivity contribution in [1.82, 2.24) is 39.2 Å². The van der Waals surface area contributed by atoms with Crippen molar-refractivity contribution in [3.05, 3.63) is 48.0 Å². The molecule has 4 heterocycles. The van der Waals surface area contributed by atoms with Gasteiger partial charge in [0.15, 0.2) is 20.1 Å². The van der Waals surface area contributed by atoms with Gasteiger partial charge in [-0.15, -0.1) is 0 Å². The quantitative estimate of drug-likeness (QED) is 0.0101. The number of phosphoric ester groups is 1. The number of fused-ring (bicyclic) bond motifs is 6. The Morgan fingerprint density at radius 1 is 0.510 bits per heavy atom. The van der Waals surface area contributed by atoms with E-state index in [-0.39, 0.29) is 67.7 Å². The number of methoxy groups -OCH3 is 3. The molecule has 4 aromatic heterocycles. The van der Waals surface area contributed by atoms with Gasteiger partial charge in [-0.1, -0.05) is 62.3 Å². The van der Waals surface area contributed by atoms with Crippen LogP contribution in [0.25, 0.3) is 43.9 Å². The van der Waals surface area contributed by atoms with E-state index >= 15 is 0 Å². The van der Waals surface area contributed by atoms with Gasteiger partial charge in [-0.25, -0.2) is 29.6 Å². The highest BCUT2D eigenvalue weighted by molar-refractivity contribution is 7.48. The summed E-state index contributed by atoms with van der Waals surface area (Å²) in [6, 6.07) is 11.2. The summed E-state index contributed by atoms with van der Waals surface area (Å²) in [4.78, 5) is 28.4. The molecular weight excluding hydrogens is 1310 g/mol. The fraction of sp³-hybridized carbons (Fsp3) is 0.697. The zero-order valence-electron chi connectivity index (χ0n) is 58.6. The van der Waals surface area contributed by atoms with Crippen LogP contribution in [0.3, 0.4) is 0 Å². The third-order valence-corrected chi connectivity index (χ3v) is 15.3. The number of benzene rings is 2. The Labute approximate surface area is 583 Å². The van der Waals surface area contributed by atoms with Gasteiger partial charge in [0.2, 0.25) is 0 Å². The van der Waals surface area contributed by atoms with Gasteiger partial charge in [0, 0.05) is 76.8 Å². The average molecular weight is 1440 g/mol. The smallest absolute Gasteiger partial charge is 0.472 e. The third kappa shape index (κ3) is 37.3. The minimum absolute atomic E-state index is 0. The van der Waals surface area contributed by atoms with Crippen LogP contribution >= 0.6 is 16.3 Å². The molecule has 2 atom stereocenters. The molecule has 6 aromatic rings. The van der Waals surface area contributed by atoms with Crippen LogP contribution in [0, 0.1) is 0 Å². The maximum absolute atomic E-state index is 12.0. The van der Waals surface area contributed by atoms with Crippen molar-refractivity contribution in [1.29, 1.82) is 0 Å². The van der Waals surface area contributed by atoms with E-state index in [1.54, 1.807) is 33.5 Å². The molecule has 0 fully saturated rings. The van der Waals surface area contributed by atoms with Crippen molar-refractivity contribution in [2.75, 3.05) is 205 Å². The highest BCUT2D eigenvalue weighted by Gasteiger charge is 2.22. The second-order valence-corrected chi connectivity index (χ2v) is 23.2. The van der Waals surface area contributed by atoms with Gasteiger partial charge >= 0.3 is 7.82 Å². The largest absolute Gasteiger partial charge is 0.491 e. The van der Waals surface area contributed by atoms with Crippen molar-refractivity contribution in [3.63, 3.8) is 0 Å². The zero-order valence-corrected chi connectivity index (χ0v) is 60.3. The lowest BCUT2D eigenvalue weighted by molar-refractivity contribution is 0.0140. The lowest BCUT2D eigenvalue weighted by Crippen LogP contribution is -2.21. The van der Waals surface area contributed by atoms with Gasteiger partial charge < -0.3 is 102 Å². The van der Waals surface area contributed by atoms with E-state index in [9.17, 15) is 14.6 Å². The van der Waals surface area contributed by atoms with Crippen LogP contribution in [0.1, 0.15) is 100 Å². The van der Waals surface area contributed by atoms with E-state index in [0.717, 1.165) is 96.0 Å². The summed E-state index contributed by atoms with van der Waals surface area (Å²) in [5.74, 6) is 3.88. The number of nitrogen functional groups attached to an aromatic ring is 2. The second-order valence-electron chi connectivity index (χ2n) is 20.1. The number of ether oxygens (including phenoxy) is 12. The lowest BCUT2D eigenvalue weighted by Gasteiger charge is -2.17. The maximum atomic E-state index is 12.0. The number of imidazole rings is 2. The number of hydrogen-bond acceptors (Lipinski definition) is 27. The van der Waals surface area contributed by atoms with Crippen molar-refractivity contribution >= 4 is 71.8 Å². The van der Waals surface area contributed by atoms with Gasteiger partial charge in [-0.2, -0.15) is 0 Å². The molecule has 32 heteroatoms. The molecule has 566 valence electrons. The van der Waals surface area contributed by atoms with Gasteiger partial charge in [-0.05, 0) is 57.5 Å². The Balaban J connectivity index is 0.00000138. The molecule has 0 aliphatic rings. The highest BCUT2D eigenvalue weighted by Crippen LogP contribution is 2.43. The summed E-state index contributed by atoms with van der Waals surface area (Å²) in [5, 5.41) is 34.9. The topological polar surface area (TPSA) is 374 Å². The first-order chi connectivity index (χ1) is 46.8. The number of aliphatic hydroxyl groups excluding tert-OH is 3. The summed E-state index contributed by atoms with van der Waals surface area (Å²) in [7, 11) is 1.62. The monoisotopic (exact) mass is 1440 g/mol. The number of rotatable bonds is 51. The minimum atomic E-state index is -4.24.